The van der Waals surface area contributed by atoms with Crippen LogP contribution < -0.4 is 9.47 Å². The summed E-state index contributed by atoms with van der Waals surface area (Å²) in [6.45, 7) is 4.31. The molecule has 1 heterocycles. The van der Waals surface area contributed by atoms with E-state index < -0.39 is 0 Å². The number of hydrogen-bond acceptors (Lipinski definition) is 5. The predicted molar refractivity (Wildman–Crippen MR) is 165 cm³/mol. The zero-order valence-corrected chi connectivity index (χ0v) is 24.3. The molecule has 0 spiro atoms. The standard InChI is InChI=1S/C34H26Cl2N2O3/c1-21-4-9-24(10-5-21)32-28(18-37)34(41-33(32)25-11-6-22(2)7-12-25)38-19-23-8-15-30(31(16-23)39-3)40-20-26-13-14-27(35)17-29(26)36/h4-17,19H,20H2,1-3H3. The third kappa shape index (κ3) is 6.30. The van der Waals surface area contributed by atoms with E-state index >= 15 is 0 Å². The normalized spacial score (nSPS) is 11.0. The molecule has 5 aromatic rings. The van der Waals surface area contributed by atoms with Gasteiger partial charge in [0, 0.05) is 33.0 Å². The van der Waals surface area contributed by atoms with Crippen LogP contribution in [0.3, 0.4) is 0 Å². The number of aliphatic imine (C=N–C) groups is 1. The van der Waals surface area contributed by atoms with Gasteiger partial charge in [0.25, 0.3) is 0 Å². The van der Waals surface area contributed by atoms with Gasteiger partial charge in [-0.1, -0.05) is 88.9 Å². The maximum absolute atomic E-state index is 10.2. The van der Waals surface area contributed by atoms with Gasteiger partial charge < -0.3 is 13.9 Å². The van der Waals surface area contributed by atoms with E-state index in [9.17, 15) is 5.26 Å². The van der Waals surface area contributed by atoms with E-state index in [4.69, 9.17) is 37.1 Å². The summed E-state index contributed by atoms with van der Waals surface area (Å²) >= 11 is 12.3. The summed E-state index contributed by atoms with van der Waals surface area (Å²) in [6.07, 6.45) is 1.64. The highest BCUT2D eigenvalue weighted by Crippen LogP contribution is 2.42. The van der Waals surface area contributed by atoms with E-state index in [0.29, 0.717) is 38.4 Å². The second kappa shape index (κ2) is 12.3. The largest absolute Gasteiger partial charge is 0.493 e. The molecule has 5 nitrogen and oxygen atoms in total. The second-order valence-electron chi connectivity index (χ2n) is 9.52. The van der Waals surface area contributed by atoms with Crippen LogP contribution in [0.25, 0.3) is 22.5 Å². The molecule has 0 aliphatic rings. The second-order valence-corrected chi connectivity index (χ2v) is 10.4. The fraction of sp³-hybridized carbons (Fsp3) is 0.118. The fourth-order valence-corrected chi connectivity index (χ4v) is 4.79. The molecule has 7 heteroatoms. The van der Waals surface area contributed by atoms with Crippen LogP contribution >= 0.6 is 23.2 Å². The molecule has 0 unspecified atom stereocenters. The molecule has 0 aliphatic carbocycles. The summed E-state index contributed by atoms with van der Waals surface area (Å²) in [5.74, 6) is 1.91. The molecule has 0 atom stereocenters. The average molecular weight is 581 g/mol. The highest BCUT2D eigenvalue weighted by Gasteiger charge is 2.23. The Bertz CT molecular complexity index is 1770. The van der Waals surface area contributed by atoms with E-state index in [1.54, 1.807) is 37.6 Å². The predicted octanol–water partition coefficient (Wildman–Crippen LogP) is 9.75. The average Bonchev–Trinajstić information content (AvgIpc) is 3.35. The Morgan fingerprint density at radius 1 is 0.854 bits per heavy atom. The van der Waals surface area contributed by atoms with Crippen molar-refractivity contribution in [2.24, 2.45) is 4.99 Å². The summed E-state index contributed by atoms with van der Waals surface area (Å²) < 4.78 is 17.8. The number of furan rings is 1. The van der Waals surface area contributed by atoms with E-state index in [-0.39, 0.29) is 12.5 Å². The smallest absolute Gasteiger partial charge is 0.238 e. The van der Waals surface area contributed by atoms with Crippen molar-refractivity contribution in [3.05, 3.63) is 123 Å². The molecule has 1 aromatic heterocycles. The fourth-order valence-electron chi connectivity index (χ4n) is 4.33. The molecule has 0 bridgehead atoms. The van der Waals surface area contributed by atoms with Gasteiger partial charge in [-0.3, -0.25) is 0 Å². The van der Waals surface area contributed by atoms with Gasteiger partial charge in [-0.15, -0.1) is 0 Å². The summed E-state index contributed by atoms with van der Waals surface area (Å²) in [5.41, 5.74) is 6.65. The van der Waals surface area contributed by atoms with Gasteiger partial charge in [0.2, 0.25) is 5.88 Å². The number of methoxy groups -OCH3 is 1. The number of aryl methyl sites for hydroxylation is 2. The third-order valence-corrected chi connectivity index (χ3v) is 7.16. The van der Waals surface area contributed by atoms with Crippen LogP contribution in [0.15, 0.2) is 94.3 Å². The van der Waals surface area contributed by atoms with Crippen LogP contribution in [-0.2, 0) is 6.61 Å². The van der Waals surface area contributed by atoms with Gasteiger partial charge in [0.15, 0.2) is 11.5 Å². The van der Waals surface area contributed by atoms with Crippen molar-refractivity contribution < 1.29 is 13.9 Å². The van der Waals surface area contributed by atoms with Crippen LogP contribution in [0.4, 0.5) is 5.88 Å². The molecular formula is C34H26Cl2N2O3. The minimum atomic E-state index is 0.232. The maximum atomic E-state index is 10.2. The maximum Gasteiger partial charge on any atom is 0.238 e. The van der Waals surface area contributed by atoms with Crippen molar-refractivity contribution in [2.45, 2.75) is 20.5 Å². The highest BCUT2D eigenvalue weighted by atomic mass is 35.5. The number of ether oxygens (including phenoxy) is 2. The van der Waals surface area contributed by atoms with Gasteiger partial charge in [-0.2, -0.15) is 5.26 Å². The van der Waals surface area contributed by atoms with Crippen LogP contribution in [0.5, 0.6) is 11.5 Å². The van der Waals surface area contributed by atoms with Crippen molar-refractivity contribution in [3.63, 3.8) is 0 Å². The molecule has 0 saturated heterocycles. The lowest BCUT2D eigenvalue weighted by molar-refractivity contribution is 0.284. The third-order valence-electron chi connectivity index (χ3n) is 6.57. The van der Waals surface area contributed by atoms with Crippen LogP contribution in [0.1, 0.15) is 27.8 Å². The highest BCUT2D eigenvalue weighted by molar-refractivity contribution is 6.35. The molecule has 0 saturated carbocycles. The number of benzene rings is 4. The van der Waals surface area contributed by atoms with Crippen LogP contribution in [0.2, 0.25) is 10.0 Å². The summed E-state index contributed by atoms with van der Waals surface area (Å²) in [6, 6.07) is 29.1. The van der Waals surface area contributed by atoms with E-state index in [1.165, 1.54) is 0 Å². The van der Waals surface area contributed by atoms with E-state index in [2.05, 4.69) is 11.1 Å². The molecule has 4 aromatic carbocycles. The molecule has 0 aliphatic heterocycles. The lowest BCUT2D eigenvalue weighted by atomic mass is 9.97. The Hall–Kier alpha value is -4.50. The van der Waals surface area contributed by atoms with Gasteiger partial charge in [-0.05, 0) is 55.3 Å². The Balaban J connectivity index is 1.47. The Kier molecular flexibility index (Phi) is 8.45. The number of hydrogen-bond donors (Lipinski definition) is 0. The molecule has 0 amide bonds. The van der Waals surface area contributed by atoms with Crippen molar-refractivity contribution >= 4 is 35.3 Å². The summed E-state index contributed by atoms with van der Waals surface area (Å²) in [5, 5.41) is 11.3. The number of nitrogens with zero attached hydrogens (tertiary/aromatic N) is 2. The minimum absolute atomic E-state index is 0.232. The first-order valence-electron chi connectivity index (χ1n) is 12.9. The Morgan fingerprint density at radius 2 is 1.54 bits per heavy atom. The monoisotopic (exact) mass is 580 g/mol. The lowest BCUT2D eigenvalue weighted by Crippen LogP contribution is -1.99. The van der Waals surface area contributed by atoms with Crippen molar-refractivity contribution in [2.75, 3.05) is 7.11 Å². The molecule has 204 valence electrons. The van der Waals surface area contributed by atoms with Gasteiger partial charge in [-0.25, -0.2) is 4.99 Å². The number of halogens is 2. The lowest BCUT2D eigenvalue weighted by Gasteiger charge is -2.12. The van der Waals surface area contributed by atoms with E-state index in [0.717, 1.165) is 33.4 Å². The first kappa shape index (κ1) is 28.0. The van der Waals surface area contributed by atoms with Crippen molar-refractivity contribution in [1.29, 1.82) is 5.26 Å². The van der Waals surface area contributed by atoms with Gasteiger partial charge in [0.05, 0.1) is 7.11 Å². The molecule has 0 N–H and O–H groups in total. The minimum Gasteiger partial charge on any atom is -0.493 e. The zero-order valence-electron chi connectivity index (χ0n) is 22.7. The van der Waals surface area contributed by atoms with Crippen LogP contribution in [0, 0.1) is 25.2 Å². The van der Waals surface area contributed by atoms with Gasteiger partial charge >= 0.3 is 0 Å². The number of nitriles is 1. The Labute approximate surface area is 249 Å². The van der Waals surface area contributed by atoms with E-state index in [1.807, 2.05) is 74.5 Å². The van der Waals surface area contributed by atoms with Gasteiger partial charge in [0.1, 0.15) is 24.0 Å². The SMILES string of the molecule is COc1cc(C=Nc2oc(-c3ccc(C)cc3)c(-c3ccc(C)cc3)c2C#N)ccc1OCc1ccc(Cl)cc1Cl. The van der Waals surface area contributed by atoms with Crippen molar-refractivity contribution in [1.82, 2.24) is 0 Å². The number of rotatable bonds is 8. The first-order valence-corrected chi connectivity index (χ1v) is 13.6. The quantitative estimate of drug-likeness (QED) is 0.171. The molecule has 0 radical (unpaired) electrons. The molecule has 5 rings (SSSR count). The van der Waals surface area contributed by atoms with Crippen LogP contribution in [-0.4, -0.2) is 13.3 Å². The molecule has 41 heavy (non-hydrogen) atoms. The zero-order chi connectivity index (χ0) is 28.9. The summed E-state index contributed by atoms with van der Waals surface area (Å²) in [7, 11) is 1.57. The molecular weight excluding hydrogens is 555 g/mol. The summed E-state index contributed by atoms with van der Waals surface area (Å²) in [4.78, 5) is 4.59. The van der Waals surface area contributed by atoms with Crippen molar-refractivity contribution in [3.8, 4) is 40.0 Å². The first-order chi connectivity index (χ1) is 19.9. The molecule has 0 fully saturated rings. The topological polar surface area (TPSA) is 67.8 Å². The Morgan fingerprint density at radius 3 is 2.17 bits per heavy atom.